The SMILES string of the molecule is CNC1C(CC(C)C)COC1(C)C. The van der Waals surface area contributed by atoms with E-state index in [-0.39, 0.29) is 5.60 Å². The molecule has 2 atom stereocenters. The molecule has 0 aromatic carbocycles. The summed E-state index contributed by atoms with van der Waals surface area (Å²) in [6.07, 6.45) is 1.26. The molecule has 1 heterocycles. The van der Waals surface area contributed by atoms with E-state index in [0.29, 0.717) is 12.0 Å². The molecule has 0 amide bonds. The molecule has 1 aliphatic rings. The molecule has 2 heteroatoms. The van der Waals surface area contributed by atoms with Crippen molar-refractivity contribution in [2.45, 2.75) is 45.8 Å². The van der Waals surface area contributed by atoms with Crippen LogP contribution in [0.4, 0.5) is 0 Å². The van der Waals surface area contributed by atoms with Gasteiger partial charge in [-0.05, 0) is 33.2 Å². The Balaban J connectivity index is 2.58. The fourth-order valence-electron chi connectivity index (χ4n) is 2.47. The Labute approximate surface area is 82.0 Å². The molecular weight excluding hydrogens is 162 g/mol. The van der Waals surface area contributed by atoms with Crippen LogP contribution in [0.25, 0.3) is 0 Å². The van der Waals surface area contributed by atoms with Crippen molar-refractivity contribution in [3.63, 3.8) is 0 Å². The van der Waals surface area contributed by atoms with E-state index in [2.05, 4.69) is 33.0 Å². The van der Waals surface area contributed by atoms with E-state index in [1.54, 1.807) is 0 Å². The molecular formula is C11H23NO. The van der Waals surface area contributed by atoms with Gasteiger partial charge in [-0.2, -0.15) is 0 Å². The third-order valence-electron chi connectivity index (χ3n) is 2.97. The highest BCUT2D eigenvalue weighted by Crippen LogP contribution is 2.33. The minimum absolute atomic E-state index is 0.00824. The summed E-state index contributed by atoms with van der Waals surface area (Å²) in [5, 5.41) is 3.38. The summed E-state index contributed by atoms with van der Waals surface area (Å²) in [4.78, 5) is 0. The second-order valence-corrected chi connectivity index (χ2v) is 5.07. The first kappa shape index (κ1) is 11.0. The molecule has 2 nitrogen and oxygen atoms in total. The third-order valence-corrected chi connectivity index (χ3v) is 2.97. The van der Waals surface area contributed by atoms with Crippen molar-refractivity contribution in [1.82, 2.24) is 5.32 Å². The van der Waals surface area contributed by atoms with Gasteiger partial charge in [0.2, 0.25) is 0 Å². The lowest BCUT2D eigenvalue weighted by molar-refractivity contribution is 0.0226. The average Bonchev–Trinajstić information content (AvgIpc) is 2.25. The molecule has 13 heavy (non-hydrogen) atoms. The molecule has 2 unspecified atom stereocenters. The maximum absolute atomic E-state index is 5.79. The van der Waals surface area contributed by atoms with Crippen LogP contribution < -0.4 is 5.32 Å². The summed E-state index contributed by atoms with van der Waals surface area (Å²) in [7, 11) is 2.04. The molecule has 1 saturated heterocycles. The maximum Gasteiger partial charge on any atom is 0.0782 e. The summed E-state index contributed by atoms with van der Waals surface area (Å²) in [6.45, 7) is 9.82. The highest BCUT2D eigenvalue weighted by molar-refractivity contribution is 4.95. The third kappa shape index (κ3) is 2.44. The molecule has 1 rings (SSSR count). The highest BCUT2D eigenvalue weighted by Gasteiger charge is 2.41. The minimum atomic E-state index is 0.00824. The molecule has 0 spiro atoms. The van der Waals surface area contributed by atoms with E-state index in [1.165, 1.54) is 6.42 Å². The fraction of sp³-hybridized carbons (Fsp3) is 1.00. The number of likely N-dealkylation sites (N-methyl/N-ethyl adjacent to an activating group) is 1. The van der Waals surface area contributed by atoms with Gasteiger partial charge in [-0.25, -0.2) is 0 Å². The van der Waals surface area contributed by atoms with Gasteiger partial charge in [0.05, 0.1) is 12.2 Å². The van der Waals surface area contributed by atoms with Crippen LogP contribution in [0.5, 0.6) is 0 Å². The van der Waals surface area contributed by atoms with Crippen molar-refractivity contribution in [2.24, 2.45) is 11.8 Å². The van der Waals surface area contributed by atoms with Crippen molar-refractivity contribution < 1.29 is 4.74 Å². The molecule has 0 aromatic heterocycles. The standard InChI is InChI=1S/C11H23NO/c1-8(2)6-9-7-13-11(3,4)10(9)12-5/h8-10,12H,6-7H2,1-5H3. The van der Waals surface area contributed by atoms with E-state index < -0.39 is 0 Å². The monoisotopic (exact) mass is 185 g/mol. The molecule has 0 radical (unpaired) electrons. The Morgan fingerprint density at radius 3 is 2.54 bits per heavy atom. The molecule has 0 saturated carbocycles. The van der Waals surface area contributed by atoms with Gasteiger partial charge in [0.15, 0.2) is 0 Å². The molecule has 78 valence electrons. The molecule has 1 N–H and O–H groups in total. The van der Waals surface area contributed by atoms with Crippen molar-refractivity contribution >= 4 is 0 Å². The normalized spacial score (nSPS) is 32.8. The molecule has 0 bridgehead atoms. The number of nitrogens with one attached hydrogen (secondary N) is 1. The molecule has 1 fully saturated rings. The lowest BCUT2D eigenvalue weighted by Crippen LogP contribution is -2.45. The van der Waals surface area contributed by atoms with Gasteiger partial charge in [0, 0.05) is 12.0 Å². The average molecular weight is 185 g/mol. The van der Waals surface area contributed by atoms with Crippen LogP contribution in [0.3, 0.4) is 0 Å². The molecule has 0 aliphatic carbocycles. The van der Waals surface area contributed by atoms with Gasteiger partial charge in [-0.1, -0.05) is 13.8 Å². The first-order valence-electron chi connectivity index (χ1n) is 5.28. The van der Waals surface area contributed by atoms with Gasteiger partial charge in [0.1, 0.15) is 0 Å². The zero-order valence-electron chi connectivity index (χ0n) is 9.55. The van der Waals surface area contributed by atoms with Gasteiger partial charge < -0.3 is 10.1 Å². The van der Waals surface area contributed by atoms with Gasteiger partial charge in [-0.3, -0.25) is 0 Å². The first-order valence-corrected chi connectivity index (χ1v) is 5.28. The Morgan fingerprint density at radius 1 is 1.46 bits per heavy atom. The lowest BCUT2D eigenvalue weighted by atomic mass is 9.85. The topological polar surface area (TPSA) is 21.3 Å². The zero-order chi connectivity index (χ0) is 10.1. The highest BCUT2D eigenvalue weighted by atomic mass is 16.5. The maximum atomic E-state index is 5.79. The van der Waals surface area contributed by atoms with Crippen LogP contribution in [0, 0.1) is 11.8 Å². The van der Waals surface area contributed by atoms with Crippen LogP contribution in [0.2, 0.25) is 0 Å². The van der Waals surface area contributed by atoms with Gasteiger partial charge >= 0.3 is 0 Å². The largest absolute Gasteiger partial charge is 0.374 e. The van der Waals surface area contributed by atoms with E-state index in [1.807, 2.05) is 7.05 Å². The Morgan fingerprint density at radius 2 is 2.08 bits per heavy atom. The number of ether oxygens (including phenoxy) is 1. The Hall–Kier alpha value is -0.0800. The predicted molar refractivity (Wildman–Crippen MR) is 55.8 cm³/mol. The Bertz CT molecular complexity index is 165. The van der Waals surface area contributed by atoms with Crippen molar-refractivity contribution in [3.8, 4) is 0 Å². The summed E-state index contributed by atoms with van der Waals surface area (Å²) >= 11 is 0. The summed E-state index contributed by atoms with van der Waals surface area (Å²) in [5.74, 6) is 1.44. The minimum Gasteiger partial charge on any atom is -0.374 e. The van der Waals surface area contributed by atoms with Crippen molar-refractivity contribution in [1.29, 1.82) is 0 Å². The predicted octanol–water partition coefficient (Wildman–Crippen LogP) is 2.05. The van der Waals surface area contributed by atoms with Gasteiger partial charge in [0.25, 0.3) is 0 Å². The van der Waals surface area contributed by atoms with Crippen LogP contribution >= 0.6 is 0 Å². The van der Waals surface area contributed by atoms with Crippen LogP contribution in [-0.2, 0) is 4.74 Å². The summed E-state index contributed by atoms with van der Waals surface area (Å²) in [5.41, 5.74) is 0.00824. The number of hydrogen-bond acceptors (Lipinski definition) is 2. The van der Waals surface area contributed by atoms with E-state index in [0.717, 1.165) is 12.5 Å². The van der Waals surface area contributed by atoms with Crippen LogP contribution in [0.1, 0.15) is 34.1 Å². The Kier molecular flexibility index (Phi) is 3.36. The van der Waals surface area contributed by atoms with E-state index in [4.69, 9.17) is 4.74 Å². The summed E-state index contributed by atoms with van der Waals surface area (Å²) < 4.78 is 5.79. The van der Waals surface area contributed by atoms with Crippen LogP contribution in [-0.4, -0.2) is 25.3 Å². The van der Waals surface area contributed by atoms with Crippen molar-refractivity contribution in [2.75, 3.05) is 13.7 Å². The van der Waals surface area contributed by atoms with E-state index in [9.17, 15) is 0 Å². The first-order chi connectivity index (χ1) is 5.97. The second kappa shape index (κ2) is 3.97. The molecule has 0 aromatic rings. The number of rotatable bonds is 3. The van der Waals surface area contributed by atoms with Gasteiger partial charge in [-0.15, -0.1) is 0 Å². The van der Waals surface area contributed by atoms with E-state index >= 15 is 0 Å². The zero-order valence-corrected chi connectivity index (χ0v) is 9.55. The summed E-state index contributed by atoms with van der Waals surface area (Å²) in [6, 6.07) is 0.509. The van der Waals surface area contributed by atoms with Crippen molar-refractivity contribution in [3.05, 3.63) is 0 Å². The van der Waals surface area contributed by atoms with Crippen LogP contribution in [0.15, 0.2) is 0 Å². The number of hydrogen-bond donors (Lipinski definition) is 1. The molecule has 1 aliphatic heterocycles. The second-order valence-electron chi connectivity index (χ2n) is 5.07. The lowest BCUT2D eigenvalue weighted by Gasteiger charge is -2.28. The fourth-order valence-corrected chi connectivity index (χ4v) is 2.47. The quantitative estimate of drug-likeness (QED) is 0.726. The smallest absolute Gasteiger partial charge is 0.0782 e.